The molecule has 0 spiro atoms. The summed E-state index contributed by atoms with van der Waals surface area (Å²) in [6.45, 7) is 2.82. The molecule has 2 aromatic rings. The summed E-state index contributed by atoms with van der Waals surface area (Å²) in [5.41, 5.74) is 3.10. The summed E-state index contributed by atoms with van der Waals surface area (Å²) in [4.78, 5) is 11.8. The summed E-state index contributed by atoms with van der Waals surface area (Å²) in [5, 5.41) is 1.13. The van der Waals surface area contributed by atoms with Gasteiger partial charge < -0.3 is 9.30 Å². The van der Waals surface area contributed by atoms with Gasteiger partial charge in [-0.05, 0) is 30.7 Å². The lowest BCUT2D eigenvalue weighted by atomic mass is 10.1. The minimum Gasteiger partial charge on any atom is -0.497 e. The average molecular weight is 215 g/mol. The minimum absolute atomic E-state index is 0.257. The first-order chi connectivity index (χ1) is 7.72. The van der Waals surface area contributed by atoms with Gasteiger partial charge in [0.15, 0.2) is 5.78 Å². The fourth-order valence-electron chi connectivity index (χ4n) is 2.55. The SMILES string of the molecule is COc1ccc2c(c1)c(C)c1n2CCC1=O. The van der Waals surface area contributed by atoms with E-state index in [-0.39, 0.29) is 5.78 Å². The predicted molar refractivity (Wildman–Crippen MR) is 62.2 cm³/mol. The van der Waals surface area contributed by atoms with Gasteiger partial charge in [0.05, 0.1) is 12.8 Å². The van der Waals surface area contributed by atoms with E-state index in [2.05, 4.69) is 4.57 Å². The molecule has 0 bridgehead atoms. The Hall–Kier alpha value is -1.77. The number of Topliss-reactive ketones (excluding diaryl/α,β-unsaturated/α-hetero) is 1. The van der Waals surface area contributed by atoms with Gasteiger partial charge in [-0.2, -0.15) is 0 Å². The quantitative estimate of drug-likeness (QED) is 0.732. The van der Waals surface area contributed by atoms with E-state index in [1.165, 1.54) is 0 Å². The normalized spacial score (nSPS) is 14.5. The van der Waals surface area contributed by atoms with Crippen LogP contribution >= 0.6 is 0 Å². The Kier molecular flexibility index (Phi) is 1.84. The van der Waals surface area contributed by atoms with E-state index >= 15 is 0 Å². The lowest BCUT2D eigenvalue weighted by Crippen LogP contribution is -1.94. The molecule has 82 valence electrons. The molecule has 1 aliphatic rings. The molecular weight excluding hydrogens is 202 g/mol. The Bertz CT molecular complexity index is 595. The van der Waals surface area contributed by atoms with Gasteiger partial charge in [-0.15, -0.1) is 0 Å². The van der Waals surface area contributed by atoms with Crippen LogP contribution in [0.25, 0.3) is 10.9 Å². The first-order valence-electron chi connectivity index (χ1n) is 5.42. The van der Waals surface area contributed by atoms with E-state index in [1.807, 2.05) is 25.1 Å². The molecule has 0 saturated carbocycles. The molecule has 0 radical (unpaired) electrons. The summed E-state index contributed by atoms with van der Waals surface area (Å²) >= 11 is 0. The number of hydrogen-bond acceptors (Lipinski definition) is 2. The molecule has 1 aromatic heterocycles. The Morgan fingerprint density at radius 1 is 1.38 bits per heavy atom. The lowest BCUT2D eigenvalue weighted by Gasteiger charge is -2.01. The summed E-state index contributed by atoms with van der Waals surface area (Å²) in [5.74, 6) is 1.10. The first-order valence-corrected chi connectivity index (χ1v) is 5.42. The molecule has 0 N–H and O–H groups in total. The van der Waals surface area contributed by atoms with Crippen molar-refractivity contribution in [1.29, 1.82) is 0 Å². The van der Waals surface area contributed by atoms with Crippen molar-refractivity contribution in [2.24, 2.45) is 0 Å². The summed E-state index contributed by atoms with van der Waals surface area (Å²) in [6, 6.07) is 5.98. The molecule has 1 aromatic carbocycles. The maximum Gasteiger partial charge on any atom is 0.181 e. The van der Waals surface area contributed by atoms with Crippen molar-refractivity contribution < 1.29 is 9.53 Å². The van der Waals surface area contributed by atoms with Crippen molar-refractivity contribution in [3.05, 3.63) is 29.5 Å². The Morgan fingerprint density at radius 2 is 2.19 bits per heavy atom. The van der Waals surface area contributed by atoms with Crippen LogP contribution < -0.4 is 4.74 Å². The first kappa shape index (κ1) is 9.46. The number of nitrogens with zero attached hydrogens (tertiary/aromatic N) is 1. The van der Waals surface area contributed by atoms with Crippen molar-refractivity contribution in [3.63, 3.8) is 0 Å². The topological polar surface area (TPSA) is 31.2 Å². The molecule has 3 rings (SSSR count). The summed E-state index contributed by atoms with van der Waals surface area (Å²) < 4.78 is 7.33. The average Bonchev–Trinajstić information content (AvgIpc) is 2.81. The summed E-state index contributed by atoms with van der Waals surface area (Å²) in [7, 11) is 1.66. The summed E-state index contributed by atoms with van der Waals surface area (Å²) in [6.07, 6.45) is 0.637. The largest absolute Gasteiger partial charge is 0.497 e. The Labute approximate surface area is 93.6 Å². The Morgan fingerprint density at radius 3 is 2.94 bits per heavy atom. The van der Waals surface area contributed by atoms with E-state index < -0.39 is 0 Å². The molecule has 2 heterocycles. The molecule has 1 aliphatic heterocycles. The van der Waals surface area contributed by atoms with Crippen LogP contribution in [0.1, 0.15) is 22.5 Å². The van der Waals surface area contributed by atoms with E-state index in [1.54, 1.807) is 7.11 Å². The van der Waals surface area contributed by atoms with Gasteiger partial charge in [-0.25, -0.2) is 0 Å². The number of hydrogen-bond donors (Lipinski definition) is 0. The number of methoxy groups -OCH3 is 1. The number of carbonyl (C=O) groups excluding carboxylic acids is 1. The van der Waals surface area contributed by atoms with Crippen molar-refractivity contribution in [3.8, 4) is 5.75 Å². The number of aromatic nitrogens is 1. The van der Waals surface area contributed by atoms with Gasteiger partial charge in [0.25, 0.3) is 0 Å². The third kappa shape index (κ3) is 1.06. The van der Waals surface area contributed by atoms with Gasteiger partial charge in [0.1, 0.15) is 5.75 Å². The highest BCUT2D eigenvalue weighted by atomic mass is 16.5. The van der Waals surface area contributed by atoms with Gasteiger partial charge in [0, 0.05) is 23.9 Å². The maximum absolute atomic E-state index is 11.8. The highest BCUT2D eigenvalue weighted by Gasteiger charge is 2.25. The smallest absolute Gasteiger partial charge is 0.181 e. The van der Waals surface area contributed by atoms with Crippen LogP contribution in [0.2, 0.25) is 0 Å². The zero-order valence-electron chi connectivity index (χ0n) is 9.41. The van der Waals surface area contributed by atoms with E-state index in [0.29, 0.717) is 6.42 Å². The zero-order chi connectivity index (χ0) is 11.3. The standard InChI is InChI=1S/C13H13NO2/c1-8-10-7-9(16-2)3-4-11(10)14-6-5-12(15)13(8)14/h3-4,7H,5-6H2,1-2H3. The van der Waals surface area contributed by atoms with Crippen molar-refractivity contribution in [2.45, 2.75) is 19.9 Å². The molecule has 0 fully saturated rings. The van der Waals surface area contributed by atoms with Crippen molar-refractivity contribution >= 4 is 16.7 Å². The molecule has 3 heteroatoms. The number of fused-ring (bicyclic) bond motifs is 3. The van der Waals surface area contributed by atoms with Gasteiger partial charge >= 0.3 is 0 Å². The molecule has 0 amide bonds. The van der Waals surface area contributed by atoms with E-state index in [9.17, 15) is 4.79 Å². The second-order valence-electron chi connectivity index (χ2n) is 4.18. The number of carbonyl (C=O) groups is 1. The highest BCUT2D eigenvalue weighted by Crippen LogP contribution is 2.32. The van der Waals surface area contributed by atoms with E-state index in [0.717, 1.165) is 34.5 Å². The van der Waals surface area contributed by atoms with Crippen LogP contribution in [-0.4, -0.2) is 17.5 Å². The van der Waals surface area contributed by atoms with Crippen LogP contribution in [0.15, 0.2) is 18.2 Å². The van der Waals surface area contributed by atoms with Crippen LogP contribution in [0.3, 0.4) is 0 Å². The molecule has 0 unspecified atom stereocenters. The minimum atomic E-state index is 0.257. The number of rotatable bonds is 1. The molecule has 0 aliphatic carbocycles. The molecule has 0 saturated heterocycles. The van der Waals surface area contributed by atoms with E-state index in [4.69, 9.17) is 4.74 Å². The highest BCUT2D eigenvalue weighted by molar-refractivity contribution is 6.04. The fourth-order valence-corrected chi connectivity index (χ4v) is 2.55. The number of benzene rings is 1. The fraction of sp³-hybridized carbons (Fsp3) is 0.308. The zero-order valence-corrected chi connectivity index (χ0v) is 9.41. The third-order valence-corrected chi connectivity index (χ3v) is 3.35. The van der Waals surface area contributed by atoms with Gasteiger partial charge in [0.2, 0.25) is 0 Å². The van der Waals surface area contributed by atoms with Crippen LogP contribution in [0.4, 0.5) is 0 Å². The maximum atomic E-state index is 11.8. The van der Waals surface area contributed by atoms with Crippen LogP contribution in [-0.2, 0) is 6.54 Å². The molecule has 0 atom stereocenters. The third-order valence-electron chi connectivity index (χ3n) is 3.35. The monoisotopic (exact) mass is 215 g/mol. The second kappa shape index (κ2) is 3.11. The van der Waals surface area contributed by atoms with Crippen LogP contribution in [0, 0.1) is 6.92 Å². The second-order valence-corrected chi connectivity index (χ2v) is 4.18. The van der Waals surface area contributed by atoms with Gasteiger partial charge in [-0.1, -0.05) is 0 Å². The molecular formula is C13H13NO2. The number of ketones is 1. The molecule has 3 nitrogen and oxygen atoms in total. The van der Waals surface area contributed by atoms with Crippen molar-refractivity contribution in [1.82, 2.24) is 4.57 Å². The lowest BCUT2D eigenvalue weighted by molar-refractivity contribution is 0.0994. The molecule has 16 heavy (non-hydrogen) atoms. The Balaban J connectivity index is 2.38. The number of aryl methyl sites for hydroxylation is 2. The van der Waals surface area contributed by atoms with Crippen LogP contribution in [0.5, 0.6) is 5.75 Å². The van der Waals surface area contributed by atoms with Crippen molar-refractivity contribution in [2.75, 3.05) is 7.11 Å². The number of ether oxygens (including phenoxy) is 1. The van der Waals surface area contributed by atoms with Gasteiger partial charge in [-0.3, -0.25) is 4.79 Å². The predicted octanol–water partition coefficient (Wildman–Crippen LogP) is 2.54.